The number of anilines is 1. The minimum Gasteiger partial charge on any atom is -0.397 e. The van der Waals surface area contributed by atoms with Crippen LogP contribution < -0.4 is 11.1 Å². The Morgan fingerprint density at radius 2 is 2.41 bits per heavy atom. The molecule has 1 heterocycles. The first-order valence-corrected chi connectivity index (χ1v) is 5.80. The molecule has 0 aromatic carbocycles. The molecule has 0 unspecified atom stereocenters. The number of carbonyl (C=O) groups excluding carboxylic acids is 1. The van der Waals surface area contributed by atoms with E-state index in [1.165, 1.54) is 12.3 Å². The van der Waals surface area contributed by atoms with Gasteiger partial charge in [0.2, 0.25) is 0 Å². The number of nitrogen functional groups attached to an aromatic ring is 1. The van der Waals surface area contributed by atoms with Gasteiger partial charge in [0.1, 0.15) is 5.15 Å². The molecule has 1 rings (SSSR count). The van der Waals surface area contributed by atoms with Crippen LogP contribution in [0.1, 0.15) is 23.7 Å². The molecule has 0 atom stereocenters. The van der Waals surface area contributed by atoms with Crippen molar-refractivity contribution in [2.24, 2.45) is 0 Å². The van der Waals surface area contributed by atoms with Gasteiger partial charge in [0.15, 0.2) is 0 Å². The van der Waals surface area contributed by atoms with E-state index in [9.17, 15) is 4.79 Å². The van der Waals surface area contributed by atoms with Crippen LogP contribution in [0.25, 0.3) is 0 Å². The molecule has 5 nitrogen and oxygen atoms in total. The highest BCUT2D eigenvalue weighted by Gasteiger charge is 2.10. The van der Waals surface area contributed by atoms with Gasteiger partial charge in [0, 0.05) is 19.8 Å². The third-order valence-electron chi connectivity index (χ3n) is 2.10. The zero-order valence-electron chi connectivity index (χ0n) is 9.70. The summed E-state index contributed by atoms with van der Waals surface area (Å²) in [6, 6.07) is 1.45. The van der Waals surface area contributed by atoms with Gasteiger partial charge in [0.05, 0.1) is 17.4 Å². The van der Waals surface area contributed by atoms with E-state index in [0.29, 0.717) is 31.0 Å². The number of nitrogens with zero attached hydrogens (tertiary/aromatic N) is 1. The summed E-state index contributed by atoms with van der Waals surface area (Å²) in [5.41, 5.74) is 6.30. The van der Waals surface area contributed by atoms with Crippen molar-refractivity contribution >= 4 is 23.2 Å². The van der Waals surface area contributed by atoms with Crippen LogP contribution in [0, 0.1) is 0 Å². The van der Waals surface area contributed by atoms with Gasteiger partial charge in [-0.05, 0) is 19.4 Å². The third-order valence-corrected chi connectivity index (χ3v) is 2.31. The van der Waals surface area contributed by atoms with Crippen molar-refractivity contribution in [1.82, 2.24) is 10.3 Å². The monoisotopic (exact) mass is 257 g/mol. The molecule has 0 fully saturated rings. The lowest BCUT2D eigenvalue weighted by Gasteiger charge is -2.07. The molecular weight excluding hydrogens is 242 g/mol. The Balaban J connectivity index is 2.44. The minimum absolute atomic E-state index is 0.247. The van der Waals surface area contributed by atoms with Crippen molar-refractivity contribution in [2.45, 2.75) is 13.3 Å². The fourth-order valence-electron chi connectivity index (χ4n) is 1.25. The number of amides is 1. The smallest absolute Gasteiger partial charge is 0.253 e. The quantitative estimate of drug-likeness (QED) is 0.598. The van der Waals surface area contributed by atoms with Gasteiger partial charge in [-0.1, -0.05) is 11.6 Å². The third kappa shape index (κ3) is 4.58. The number of nitrogens with one attached hydrogen (secondary N) is 1. The standard InChI is InChI=1S/C11H16ClN3O2/c1-2-17-5-3-4-14-11(16)8-6-10(12)15-7-9(8)13/h6-7H,2-5,13H2,1H3,(H,14,16). The number of pyridine rings is 1. The molecule has 0 aliphatic carbocycles. The normalized spacial score (nSPS) is 10.2. The fourth-order valence-corrected chi connectivity index (χ4v) is 1.41. The number of halogens is 1. The predicted molar refractivity (Wildman–Crippen MR) is 67.1 cm³/mol. The number of nitrogens with two attached hydrogens (primary N) is 1. The second-order valence-corrected chi connectivity index (χ2v) is 3.79. The molecule has 3 N–H and O–H groups in total. The average molecular weight is 258 g/mol. The number of aromatic nitrogens is 1. The fraction of sp³-hybridized carbons (Fsp3) is 0.455. The summed E-state index contributed by atoms with van der Waals surface area (Å²) in [5, 5.41) is 2.99. The summed E-state index contributed by atoms with van der Waals surface area (Å²) in [7, 11) is 0. The lowest BCUT2D eigenvalue weighted by molar-refractivity contribution is 0.0945. The Labute approximate surface area is 105 Å². The molecule has 0 aliphatic heterocycles. The van der Waals surface area contributed by atoms with Crippen molar-refractivity contribution in [2.75, 3.05) is 25.5 Å². The van der Waals surface area contributed by atoms with Crippen molar-refractivity contribution in [3.8, 4) is 0 Å². The lowest BCUT2D eigenvalue weighted by atomic mass is 10.2. The minimum atomic E-state index is -0.247. The zero-order chi connectivity index (χ0) is 12.7. The Bertz CT molecular complexity index is 385. The Morgan fingerprint density at radius 1 is 1.65 bits per heavy atom. The summed E-state index contributed by atoms with van der Waals surface area (Å²) < 4.78 is 5.16. The van der Waals surface area contributed by atoms with E-state index in [0.717, 1.165) is 6.42 Å². The number of hydrogen-bond acceptors (Lipinski definition) is 4. The molecular formula is C11H16ClN3O2. The van der Waals surface area contributed by atoms with E-state index in [1.807, 2.05) is 6.92 Å². The van der Waals surface area contributed by atoms with Gasteiger partial charge in [-0.3, -0.25) is 4.79 Å². The van der Waals surface area contributed by atoms with Crippen LogP contribution in [-0.2, 0) is 4.74 Å². The topological polar surface area (TPSA) is 77.2 Å². The highest BCUT2D eigenvalue weighted by Crippen LogP contribution is 2.14. The molecule has 0 spiro atoms. The molecule has 1 amide bonds. The first-order valence-electron chi connectivity index (χ1n) is 5.42. The first kappa shape index (κ1) is 13.7. The maximum atomic E-state index is 11.7. The average Bonchev–Trinajstić information content (AvgIpc) is 2.32. The molecule has 0 saturated heterocycles. The second kappa shape index (κ2) is 7.09. The first-order chi connectivity index (χ1) is 8.15. The second-order valence-electron chi connectivity index (χ2n) is 3.40. The van der Waals surface area contributed by atoms with Crippen LogP contribution in [0.2, 0.25) is 5.15 Å². The molecule has 0 aliphatic rings. The number of ether oxygens (including phenoxy) is 1. The molecule has 6 heteroatoms. The number of rotatable bonds is 6. The van der Waals surface area contributed by atoms with E-state index < -0.39 is 0 Å². The van der Waals surface area contributed by atoms with E-state index >= 15 is 0 Å². The highest BCUT2D eigenvalue weighted by molar-refractivity contribution is 6.29. The maximum absolute atomic E-state index is 11.7. The van der Waals surface area contributed by atoms with E-state index in [1.54, 1.807) is 0 Å². The Hall–Kier alpha value is -1.33. The Morgan fingerprint density at radius 3 is 3.12 bits per heavy atom. The summed E-state index contributed by atoms with van der Waals surface area (Å²) >= 11 is 5.70. The van der Waals surface area contributed by atoms with Crippen LogP contribution >= 0.6 is 11.6 Å². The van der Waals surface area contributed by atoms with Crippen molar-refractivity contribution < 1.29 is 9.53 Å². The molecule has 0 bridgehead atoms. The van der Waals surface area contributed by atoms with E-state index in [4.69, 9.17) is 22.1 Å². The van der Waals surface area contributed by atoms with E-state index in [-0.39, 0.29) is 11.1 Å². The number of carbonyl (C=O) groups is 1. The molecule has 1 aromatic heterocycles. The van der Waals surface area contributed by atoms with Gasteiger partial charge in [-0.2, -0.15) is 0 Å². The lowest BCUT2D eigenvalue weighted by Crippen LogP contribution is -2.26. The van der Waals surface area contributed by atoms with Gasteiger partial charge >= 0.3 is 0 Å². The molecule has 1 aromatic rings. The maximum Gasteiger partial charge on any atom is 0.253 e. The summed E-state index contributed by atoms with van der Waals surface area (Å²) in [6.07, 6.45) is 2.13. The van der Waals surface area contributed by atoms with Crippen LogP contribution in [0.3, 0.4) is 0 Å². The highest BCUT2D eigenvalue weighted by atomic mass is 35.5. The molecule has 0 radical (unpaired) electrons. The Kier molecular flexibility index (Phi) is 5.72. The largest absolute Gasteiger partial charge is 0.397 e. The predicted octanol–water partition coefficient (Wildman–Crippen LogP) is 1.47. The molecule has 17 heavy (non-hydrogen) atoms. The summed E-state index contributed by atoms with van der Waals surface area (Å²) in [4.78, 5) is 15.5. The van der Waals surface area contributed by atoms with Gasteiger partial charge in [-0.15, -0.1) is 0 Å². The number of hydrogen-bond donors (Lipinski definition) is 2. The van der Waals surface area contributed by atoms with Crippen LogP contribution in [0.4, 0.5) is 5.69 Å². The van der Waals surface area contributed by atoms with Gasteiger partial charge < -0.3 is 15.8 Å². The van der Waals surface area contributed by atoms with Crippen LogP contribution in [0.15, 0.2) is 12.3 Å². The molecule has 94 valence electrons. The van der Waals surface area contributed by atoms with Crippen molar-refractivity contribution in [3.63, 3.8) is 0 Å². The SMILES string of the molecule is CCOCCCNC(=O)c1cc(Cl)ncc1N. The zero-order valence-corrected chi connectivity index (χ0v) is 10.5. The van der Waals surface area contributed by atoms with Crippen molar-refractivity contribution in [1.29, 1.82) is 0 Å². The molecule has 0 saturated carbocycles. The van der Waals surface area contributed by atoms with Crippen LogP contribution in [0.5, 0.6) is 0 Å². The summed E-state index contributed by atoms with van der Waals surface area (Å²) in [5.74, 6) is -0.247. The summed E-state index contributed by atoms with van der Waals surface area (Å²) in [6.45, 7) is 3.78. The van der Waals surface area contributed by atoms with Crippen molar-refractivity contribution in [3.05, 3.63) is 23.0 Å². The van der Waals surface area contributed by atoms with Gasteiger partial charge in [-0.25, -0.2) is 4.98 Å². The van der Waals surface area contributed by atoms with Crippen LogP contribution in [-0.4, -0.2) is 30.6 Å². The van der Waals surface area contributed by atoms with E-state index in [2.05, 4.69) is 10.3 Å². The van der Waals surface area contributed by atoms with Gasteiger partial charge in [0.25, 0.3) is 5.91 Å².